The van der Waals surface area contributed by atoms with Crippen molar-refractivity contribution in [2.24, 2.45) is 0 Å². The van der Waals surface area contributed by atoms with Gasteiger partial charge in [0.05, 0.1) is 23.8 Å². The van der Waals surface area contributed by atoms with Crippen molar-refractivity contribution < 1.29 is 18.7 Å². The summed E-state index contributed by atoms with van der Waals surface area (Å²) < 4.78 is 20.4. The van der Waals surface area contributed by atoms with Crippen LogP contribution in [0.1, 0.15) is 22.4 Å². The molecule has 2 heterocycles. The average Bonchev–Trinajstić information content (AvgIpc) is 3.54. The minimum atomic E-state index is -0.375. The molecule has 11 heteroatoms. The van der Waals surface area contributed by atoms with E-state index in [9.17, 15) is 14.0 Å². The maximum Gasteiger partial charge on any atom is 0.261 e. The third-order valence-corrected chi connectivity index (χ3v) is 6.52. The Morgan fingerprint density at radius 1 is 1.09 bits per heavy atom. The molecule has 0 aliphatic heterocycles. The molecule has 4 rings (SSSR count). The summed E-state index contributed by atoms with van der Waals surface area (Å²) in [5.41, 5.74) is 1.27. The molecule has 0 fully saturated rings. The van der Waals surface area contributed by atoms with Gasteiger partial charge in [0.25, 0.3) is 5.91 Å². The second kappa shape index (κ2) is 11.6. The van der Waals surface area contributed by atoms with Crippen molar-refractivity contribution >= 4 is 40.6 Å². The van der Waals surface area contributed by atoms with Crippen LogP contribution in [0.4, 0.5) is 10.1 Å². The van der Waals surface area contributed by atoms with Gasteiger partial charge in [-0.25, -0.2) is 4.39 Å². The fourth-order valence-electron chi connectivity index (χ4n) is 3.14. The number of anilines is 1. The van der Waals surface area contributed by atoms with Crippen LogP contribution in [0.5, 0.6) is 5.75 Å². The summed E-state index contributed by atoms with van der Waals surface area (Å²) in [5, 5.41) is 16.4. The topological polar surface area (TPSA) is 98.1 Å². The van der Waals surface area contributed by atoms with Gasteiger partial charge in [-0.05, 0) is 66.9 Å². The molecule has 2 aromatic heterocycles. The van der Waals surface area contributed by atoms with Crippen molar-refractivity contribution in [1.82, 2.24) is 20.1 Å². The summed E-state index contributed by atoms with van der Waals surface area (Å²) in [5.74, 6) is 0.461. The standard InChI is InChI=1S/C24H22FN5O3S2/c1-2-33-19-11-9-18(10-12-19)30-21(14-26-23(32)20-4-3-13-34-20)28-29-24(30)35-15-22(31)27-17-7-5-16(25)6-8-17/h3-13H,2,14-15H2,1H3,(H,26,32)(H,27,31). The number of halogens is 1. The van der Waals surface area contributed by atoms with Gasteiger partial charge in [-0.3, -0.25) is 14.2 Å². The van der Waals surface area contributed by atoms with Crippen LogP contribution in [0.15, 0.2) is 71.2 Å². The fraction of sp³-hybridized carbons (Fsp3) is 0.167. The number of thiophene rings is 1. The van der Waals surface area contributed by atoms with E-state index in [2.05, 4.69) is 20.8 Å². The molecule has 4 aromatic rings. The van der Waals surface area contributed by atoms with Gasteiger partial charge in [-0.15, -0.1) is 21.5 Å². The van der Waals surface area contributed by atoms with Crippen LogP contribution in [0, 0.1) is 5.82 Å². The van der Waals surface area contributed by atoms with E-state index >= 15 is 0 Å². The number of benzene rings is 2. The first-order valence-electron chi connectivity index (χ1n) is 10.7. The molecular formula is C24H22FN5O3S2. The highest BCUT2D eigenvalue weighted by Crippen LogP contribution is 2.24. The molecular weight excluding hydrogens is 489 g/mol. The lowest BCUT2D eigenvalue weighted by Crippen LogP contribution is -2.24. The Labute approximate surface area is 209 Å². The molecule has 0 atom stereocenters. The minimum absolute atomic E-state index is 0.0636. The van der Waals surface area contributed by atoms with E-state index in [0.717, 1.165) is 11.4 Å². The number of hydrogen-bond acceptors (Lipinski definition) is 7. The van der Waals surface area contributed by atoms with E-state index in [1.54, 1.807) is 10.6 Å². The smallest absolute Gasteiger partial charge is 0.261 e. The molecule has 0 saturated carbocycles. The lowest BCUT2D eigenvalue weighted by molar-refractivity contribution is -0.113. The highest BCUT2D eigenvalue weighted by atomic mass is 32.2. The number of rotatable bonds is 10. The van der Waals surface area contributed by atoms with Crippen LogP contribution < -0.4 is 15.4 Å². The number of amides is 2. The Bertz CT molecular complexity index is 1280. The zero-order valence-corrected chi connectivity index (χ0v) is 20.4. The molecule has 8 nitrogen and oxygen atoms in total. The van der Waals surface area contributed by atoms with Crippen LogP contribution in [-0.2, 0) is 11.3 Å². The Balaban J connectivity index is 1.50. The van der Waals surface area contributed by atoms with Crippen molar-refractivity contribution in [1.29, 1.82) is 0 Å². The lowest BCUT2D eigenvalue weighted by atomic mass is 10.3. The number of hydrogen-bond donors (Lipinski definition) is 2. The van der Waals surface area contributed by atoms with E-state index < -0.39 is 0 Å². The lowest BCUT2D eigenvalue weighted by Gasteiger charge is -2.12. The van der Waals surface area contributed by atoms with Crippen LogP contribution in [0.25, 0.3) is 5.69 Å². The molecule has 2 N–H and O–H groups in total. The number of thioether (sulfide) groups is 1. The number of nitrogens with one attached hydrogen (secondary N) is 2. The van der Waals surface area contributed by atoms with Crippen molar-refractivity contribution in [3.05, 3.63) is 82.6 Å². The third kappa shape index (κ3) is 6.46. The highest BCUT2D eigenvalue weighted by Gasteiger charge is 2.17. The first-order valence-corrected chi connectivity index (χ1v) is 12.6. The fourth-order valence-corrected chi connectivity index (χ4v) is 4.55. The molecule has 0 unspecified atom stereocenters. The van der Waals surface area contributed by atoms with Crippen molar-refractivity contribution in [2.75, 3.05) is 17.7 Å². The molecule has 2 amide bonds. The normalized spacial score (nSPS) is 10.7. The summed E-state index contributed by atoms with van der Waals surface area (Å²) in [7, 11) is 0. The third-order valence-electron chi connectivity index (χ3n) is 4.72. The van der Waals surface area contributed by atoms with Gasteiger partial charge in [0.1, 0.15) is 11.6 Å². The number of ether oxygens (including phenoxy) is 1. The SMILES string of the molecule is CCOc1ccc(-n2c(CNC(=O)c3cccs3)nnc2SCC(=O)Nc2ccc(F)cc2)cc1. The van der Waals surface area contributed by atoms with E-state index in [0.29, 0.717) is 28.2 Å². The molecule has 0 saturated heterocycles. The van der Waals surface area contributed by atoms with Gasteiger partial charge in [0.15, 0.2) is 11.0 Å². The zero-order valence-electron chi connectivity index (χ0n) is 18.7. The Hall–Kier alpha value is -3.70. The maximum atomic E-state index is 13.1. The van der Waals surface area contributed by atoms with Gasteiger partial charge < -0.3 is 15.4 Å². The molecule has 2 aromatic carbocycles. The number of carbonyl (C=O) groups is 2. The predicted molar refractivity (Wildman–Crippen MR) is 134 cm³/mol. The summed E-state index contributed by atoms with van der Waals surface area (Å²) >= 11 is 2.55. The summed E-state index contributed by atoms with van der Waals surface area (Å²) in [4.78, 5) is 25.4. The summed E-state index contributed by atoms with van der Waals surface area (Å²) in [6, 6.07) is 16.5. The minimum Gasteiger partial charge on any atom is -0.494 e. The van der Waals surface area contributed by atoms with Crippen LogP contribution in [0.3, 0.4) is 0 Å². The largest absolute Gasteiger partial charge is 0.494 e. The second-order valence-corrected chi connectivity index (χ2v) is 9.06. The molecule has 0 radical (unpaired) electrons. The van der Waals surface area contributed by atoms with Gasteiger partial charge in [-0.2, -0.15) is 0 Å². The van der Waals surface area contributed by atoms with Crippen LogP contribution >= 0.6 is 23.1 Å². The van der Waals surface area contributed by atoms with Crippen molar-refractivity contribution in [2.45, 2.75) is 18.6 Å². The van der Waals surface area contributed by atoms with Crippen LogP contribution in [0.2, 0.25) is 0 Å². The first kappa shape index (κ1) is 24.4. The Kier molecular flexibility index (Phi) is 8.11. The number of carbonyl (C=O) groups excluding carboxylic acids is 2. The van der Waals surface area contributed by atoms with E-state index in [-0.39, 0.29) is 29.9 Å². The second-order valence-electron chi connectivity index (χ2n) is 7.16. The molecule has 0 aliphatic carbocycles. The molecule has 0 spiro atoms. The monoisotopic (exact) mass is 511 g/mol. The van der Waals surface area contributed by atoms with E-state index in [1.165, 1.54) is 47.4 Å². The summed E-state index contributed by atoms with van der Waals surface area (Å²) in [6.45, 7) is 2.61. The zero-order chi connectivity index (χ0) is 24.6. The first-order chi connectivity index (χ1) is 17.0. The van der Waals surface area contributed by atoms with Crippen molar-refractivity contribution in [3.63, 3.8) is 0 Å². The molecule has 180 valence electrons. The molecule has 0 bridgehead atoms. The van der Waals surface area contributed by atoms with E-state index in [1.807, 2.05) is 42.6 Å². The van der Waals surface area contributed by atoms with Crippen LogP contribution in [-0.4, -0.2) is 38.9 Å². The van der Waals surface area contributed by atoms with Gasteiger partial charge in [0.2, 0.25) is 5.91 Å². The number of aromatic nitrogens is 3. The maximum absolute atomic E-state index is 13.1. The van der Waals surface area contributed by atoms with Gasteiger partial charge in [0, 0.05) is 11.4 Å². The summed E-state index contributed by atoms with van der Waals surface area (Å²) in [6.07, 6.45) is 0. The quantitative estimate of drug-likeness (QED) is 0.304. The Morgan fingerprint density at radius 2 is 1.86 bits per heavy atom. The van der Waals surface area contributed by atoms with Crippen molar-refractivity contribution in [3.8, 4) is 11.4 Å². The molecule has 35 heavy (non-hydrogen) atoms. The van der Waals surface area contributed by atoms with Gasteiger partial charge >= 0.3 is 0 Å². The van der Waals surface area contributed by atoms with Gasteiger partial charge in [-0.1, -0.05) is 17.8 Å². The highest BCUT2D eigenvalue weighted by molar-refractivity contribution is 7.99. The number of nitrogens with zero attached hydrogens (tertiary/aromatic N) is 3. The van der Waals surface area contributed by atoms with E-state index in [4.69, 9.17) is 4.74 Å². The predicted octanol–water partition coefficient (Wildman–Crippen LogP) is 4.53. The molecule has 0 aliphatic rings. The average molecular weight is 512 g/mol. The Morgan fingerprint density at radius 3 is 2.54 bits per heavy atom.